The molecule has 0 radical (unpaired) electrons. The largest absolute Gasteiger partial charge is 0.478 e. The van der Waals surface area contributed by atoms with E-state index in [2.05, 4.69) is 9.98 Å². The quantitative estimate of drug-likeness (QED) is 0.155. The fraction of sp³-hybridized carbons (Fsp3) is 0.105. The van der Waals surface area contributed by atoms with Gasteiger partial charge in [-0.25, -0.2) is 14.8 Å². The number of guanidine groups is 2. The molecule has 0 saturated carbocycles. The lowest BCUT2D eigenvalue weighted by atomic mass is 10.1. The molecule has 0 unspecified atom stereocenters. The summed E-state index contributed by atoms with van der Waals surface area (Å²) >= 11 is 0. The van der Waals surface area contributed by atoms with Gasteiger partial charge in [-0.1, -0.05) is 6.07 Å². The van der Waals surface area contributed by atoms with Crippen molar-refractivity contribution in [2.75, 3.05) is 0 Å². The zero-order valence-electron chi connectivity index (χ0n) is 16.3. The van der Waals surface area contributed by atoms with Crippen LogP contribution in [0.25, 0.3) is 0 Å². The highest BCUT2D eigenvalue weighted by Crippen LogP contribution is 2.25. The molecule has 0 amide bonds. The first-order chi connectivity index (χ1) is 14.0. The molecule has 0 aliphatic heterocycles. The van der Waals surface area contributed by atoms with Crippen LogP contribution in [0.2, 0.25) is 0 Å². The molecule has 0 spiro atoms. The number of nitrogens with zero attached hydrogens (tertiary/aromatic N) is 2. The van der Waals surface area contributed by atoms with Gasteiger partial charge in [0.05, 0.1) is 16.9 Å². The van der Waals surface area contributed by atoms with Gasteiger partial charge in [0, 0.05) is 6.92 Å². The Hall–Kier alpha value is -4.41. The monoisotopic (exact) mass is 414 g/mol. The van der Waals surface area contributed by atoms with E-state index in [0.717, 1.165) is 6.92 Å². The van der Waals surface area contributed by atoms with E-state index in [9.17, 15) is 14.4 Å². The number of carbonyl (C=O) groups is 3. The average Bonchev–Trinajstić information content (AvgIpc) is 2.62. The maximum absolute atomic E-state index is 11.2. The first-order valence-corrected chi connectivity index (χ1v) is 8.36. The molecule has 0 fully saturated rings. The number of aromatic carboxylic acids is 1. The molecule has 2 aromatic carbocycles. The minimum atomic E-state index is -1.25. The van der Waals surface area contributed by atoms with Gasteiger partial charge in [0.25, 0.3) is 0 Å². The van der Waals surface area contributed by atoms with Gasteiger partial charge in [-0.2, -0.15) is 0 Å². The van der Waals surface area contributed by atoms with Gasteiger partial charge in [0.2, 0.25) is 0 Å². The molecular formula is C19H22N6O5. The average molecular weight is 414 g/mol. The Bertz CT molecular complexity index is 922. The minimum Gasteiger partial charge on any atom is -0.478 e. The van der Waals surface area contributed by atoms with Gasteiger partial charge in [-0.15, -0.1) is 0 Å². The number of rotatable bonds is 5. The highest BCUT2D eigenvalue weighted by atomic mass is 16.5. The zero-order chi connectivity index (χ0) is 22.8. The molecule has 0 atom stereocenters. The van der Waals surface area contributed by atoms with Gasteiger partial charge >= 0.3 is 11.9 Å². The molecule has 0 heterocycles. The summed E-state index contributed by atoms with van der Waals surface area (Å²) < 4.78 is 4.76. The Labute approximate surface area is 172 Å². The second kappa shape index (κ2) is 10.8. The summed E-state index contributed by atoms with van der Waals surface area (Å²) in [6.45, 7) is 2.41. The van der Waals surface area contributed by atoms with Crippen molar-refractivity contribution in [1.82, 2.24) is 0 Å². The van der Waals surface area contributed by atoms with Crippen LogP contribution < -0.4 is 27.7 Å². The summed E-state index contributed by atoms with van der Waals surface area (Å²) in [5.74, 6) is -2.45. The van der Waals surface area contributed by atoms with Gasteiger partial charge < -0.3 is 32.8 Å². The number of para-hydroxylation sites is 1. The Kier molecular flexibility index (Phi) is 8.51. The van der Waals surface area contributed by atoms with E-state index >= 15 is 0 Å². The number of ketones is 1. The number of carboxylic acid groups (broad SMARTS) is 1. The highest BCUT2D eigenvalue weighted by molar-refractivity contribution is 6.02. The van der Waals surface area contributed by atoms with Crippen molar-refractivity contribution in [3.05, 3.63) is 53.6 Å². The third kappa shape index (κ3) is 7.68. The van der Waals surface area contributed by atoms with E-state index in [1.807, 2.05) is 0 Å². The Morgan fingerprint density at radius 1 is 0.800 bits per heavy atom. The molecule has 158 valence electrons. The van der Waals surface area contributed by atoms with E-state index in [1.165, 1.54) is 25.1 Å². The van der Waals surface area contributed by atoms with Crippen LogP contribution in [0.3, 0.4) is 0 Å². The van der Waals surface area contributed by atoms with Crippen molar-refractivity contribution in [2.24, 2.45) is 32.9 Å². The lowest BCUT2D eigenvalue weighted by Crippen LogP contribution is -2.22. The molecule has 0 bridgehead atoms. The van der Waals surface area contributed by atoms with E-state index in [-0.39, 0.29) is 34.6 Å². The highest BCUT2D eigenvalue weighted by Gasteiger charge is 2.19. The second-order valence-electron chi connectivity index (χ2n) is 5.73. The van der Waals surface area contributed by atoms with Crippen molar-refractivity contribution in [3.63, 3.8) is 0 Å². The maximum Gasteiger partial charge on any atom is 0.339 e. The fourth-order valence-electron chi connectivity index (χ4n) is 2.14. The van der Waals surface area contributed by atoms with Crippen LogP contribution in [0.1, 0.15) is 34.6 Å². The summed E-state index contributed by atoms with van der Waals surface area (Å²) in [6, 6.07) is 10.9. The van der Waals surface area contributed by atoms with Crippen LogP contribution >= 0.6 is 0 Å². The standard InChI is InChI=1S/C11H10O5.C8H12N6/c1-6(12)8-4-3-5-9(11(14)15)10(8)16-7(2)13;9-7(10)13-5-1-2-6(4-3-5)14-8(11)12/h3-5H,1-2H3,(H,14,15);1-4H,(H4,9,10,13)(H4,11,12,14). The predicted molar refractivity (Wildman–Crippen MR) is 112 cm³/mol. The number of carbonyl (C=O) groups excluding carboxylic acids is 2. The van der Waals surface area contributed by atoms with Crippen LogP contribution in [0.4, 0.5) is 11.4 Å². The number of benzene rings is 2. The SMILES string of the molecule is CC(=O)Oc1c(C(C)=O)cccc1C(=O)O.NC(N)=Nc1ccc(N=C(N)N)cc1. The zero-order valence-corrected chi connectivity index (χ0v) is 16.3. The van der Waals surface area contributed by atoms with Crippen molar-refractivity contribution in [2.45, 2.75) is 13.8 Å². The second-order valence-corrected chi connectivity index (χ2v) is 5.73. The molecule has 2 rings (SSSR count). The molecule has 11 heteroatoms. The minimum absolute atomic E-state index is 0.0135. The molecule has 0 aliphatic carbocycles. The van der Waals surface area contributed by atoms with Crippen molar-refractivity contribution in [3.8, 4) is 5.75 Å². The summed E-state index contributed by atoms with van der Waals surface area (Å²) in [4.78, 5) is 40.6. The number of hydrogen-bond donors (Lipinski definition) is 5. The number of aliphatic imine (C=N–C) groups is 2. The van der Waals surface area contributed by atoms with E-state index in [0.29, 0.717) is 11.4 Å². The lowest BCUT2D eigenvalue weighted by molar-refractivity contribution is -0.131. The molecule has 0 aliphatic rings. The molecule has 0 saturated heterocycles. The van der Waals surface area contributed by atoms with Crippen LogP contribution in [-0.4, -0.2) is 34.7 Å². The third-order valence-corrected chi connectivity index (χ3v) is 3.24. The van der Waals surface area contributed by atoms with Gasteiger partial charge in [-0.3, -0.25) is 9.59 Å². The summed E-state index contributed by atoms with van der Waals surface area (Å²) in [6.07, 6.45) is 0. The van der Waals surface area contributed by atoms with Crippen LogP contribution in [-0.2, 0) is 4.79 Å². The van der Waals surface area contributed by atoms with E-state index in [4.69, 9.17) is 32.8 Å². The predicted octanol–water partition coefficient (Wildman–Crippen LogP) is 1.01. The Balaban J connectivity index is 0.000000303. The Morgan fingerprint density at radius 2 is 1.23 bits per heavy atom. The first kappa shape index (κ1) is 23.6. The summed E-state index contributed by atoms with van der Waals surface area (Å²) in [5, 5.41) is 8.88. The number of hydrogen-bond acceptors (Lipinski definition) is 6. The number of ether oxygens (including phenoxy) is 1. The van der Waals surface area contributed by atoms with Crippen LogP contribution in [0.5, 0.6) is 5.75 Å². The normalized spacial score (nSPS) is 9.40. The Morgan fingerprint density at radius 3 is 1.57 bits per heavy atom. The molecule has 2 aromatic rings. The third-order valence-electron chi connectivity index (χ3n) is 3.24. The fourth-order valence-corrected chi connectivity index (χ4v) is 2.14. The van der Waals surface area contributed by atoms with Crippen LogP contribution in [0, 0.1) is 0 Å². The maximum atomic E-state index is 11.2. The molecule has 11 nitrogen and oxygen atoms in total. The number of carboxylic acids is 1. The number of nitrogens with two attached hydrogens (primary N) is 4. The molecule has 30 heavy (non-hydrogen) atoms. The first-order valence-electron chi connectivity index (χ1n) is 8.36. The van der Waals surface area contributed by atoms with E-state index in [1.54, 1.807) is 24.3 Å². The summed E-state index contributed by atoms with van der Waals surface area (Å²) in [7, 11) is 0. The summed E-state index contributed by atoms with van der Waals surface area (Å²) in [5.41, 5.74) is 22.0. The number of esters is 1. The van der Waals surface area contributed by atoms with Gasteiger partial charge in [0.15, 0.2) is 23.5 Å². The van der Waals surface area contributed by atoms with Crippen LogP contribution in [0.15, 0.2) is 52.4 Å². The number of Topliss-reactive ketones (excluding diaryl/α,β-unsaturated/α-hetero) is 1. The van der Waals surface area contributed by atoms with Gasteiger partial charge in [0.1, 0.15) is 5.56 Å². The smallest absolute Gasteiger partial charge is 0.339 e. The molecular weight excluding hydrogens is 392 g/mol. The lowest BCUT2D eigenvalue weighted by Gasteiger charge is -2.09. The van der Waals surface area contributed by atoms with Crippen molar-refractivity contribution < 1.29 is 24.2 Å². The van der Waals surface area contributed by atoms with E-state index < -0.39 is 11.9 Å². The topological polar surface area (TPSA) is 209 Å². The van der Waals surface area contributed by atoms with Crippen molar-refractivity contribution in [1.29, 1.82) is 0 Å². The van der Waals surface area contributed by atoms with Gasteiger partial charge in [-0.05, 0) is 43.3 Å². The molecule has 0 aromatic heterocycles. The molecule has 9 N–H and O–H groups in total. The van der Waals surface area contributed by atoms with Crippen molar-refractivity contribution >= 4 is 41.0 Å².